The molecule has 0 atom stereocenters. The molecule has 1 aliphatic heterocycles. The number of nitro benzene ring substituents is 1. The molecule has 1 N–H and O–H groups in total. The van der Waals surface area contributed by atoms with Crippen molar-refractivity contribution >= 4 is 29.3 Å². The van der Waals surface area contributed by atoms with Gasteiger partial charge in [-0.25, -0.2) is 9.40 Å². The Balaban J connectivity index is 1.64. The first kappa shape index (κ1) is 19.1. The Kier molecular flexibility index (Phi) is 4.63. The van der Waals surface area contributed by atoms with Crippen molar-refractivity contribution in [1.82, 2.24) is 5.43 Å². The lowest BCUT2D eigenvalue weighted by molar-refractivity contribution is -0.384. The van der Waals surface area contributed by atoms with E-state index in [1.165, 1.54) is 42.5 Å². The largest absolute Gasteiger partial charge is 0.457 e. The first-order valence-corrected chi connectivity index (χ1v) is 8.81. The predicted molar refractivity (Wildman–Crippen MR) is 106 cm³/mol. The maximum Gasteiger partial charge on any atom is 0.282 e. The van der Waals surface area contributed by atoms with Crippen molar-refractivity contribution in [3.8, 4) is 11.3 Å². The van der Waals surface area contributed by atoms with Crippen molar-refractivity contribution in [3.63, 3.8) is 0 Å². The summed E-state index contributed by atoms with van der Waals surface area (Å²) in [5, 5.41) is 12.0. The lowest BCUT2D eigenvalue weighted by Crippen LogP contribution is -2.35. The lowest BCUT2D eigenvalue weighted by atomic mass is 10.1. The van der Waals surface area contributed by atoms with Crippen LogP contribution in [0.4, 0.5) is 15.8 Å². The molecule has 1 aliphatic rings. The highest BCUT2D eigenvalue weighted by Gasteiger charge is 2.34. The molecule has 8 nitrogen and oxygen atoms in total. The third-order valence-corrected chi connectivity index (χ3v) is 4.59. The normalized spacial score (nSPS) is 15.0. The number of carbonyl (C=O) groups excluding carboxylic acids is 2. The number of hydrogen-bond donors (Lipinski definition) is 1. The van der Waals surface area contributed by atoms with E-state index in [0.717, 1.165) is 10.6 Å². The number of hydrogen-bond acceptors (Lipinski definition) is 5. The van der Waals surface area contributed by atoms with Gasteiger partial charge in [0.25, 0.3) is 17.5 Å². The lowest BCUT2D eigenvalue weighted by Gasteiger charge is -2.14. The van der Waals surface area contributed by atoms with Gasteiger partial charge in [0.15, 0.2) is 0 Å². The van der Waals surface area contributed by atoms with Gasteiger partial charge in [-0.15, -0.1) is 0 Å². The first-order valence-electron chi connectivity index (χ1n) is 8.81. The van der Waals surface area contributed by atoms with E-state index < -0.39 is 22.6 Å². The van der Waals surface area contributed by atoms with Crippen LogP contribution in [0.2, 0.25) is 0 Å². The number of aryl methyl sites for hydroxylation is 1. The molecule has 0 spiro atoms. The van der Waals surface area contributed by atoms with E-state index in [9.17, 15) is 24.1 Å². The highest BCUT2D eigenvalue weighted by molar-refractivity contribution is 6.31. The van der Waals surface area contributed by atoms with Crippen molar-refractivity contribution in [2.45, 2.75) is 6.92 Å². The summed E-state index contributed by atoms with van der Waals surface area (Å²) in [4.78, 5) is 35.4. The number of furan rings is 1. The van der Waals surface area contributed by atoms with E-state index in [4.69, 9.17) is 4.42 Å². The molecule has 2 amide bonds. The number of nitrogens with zero attached hydrogens (tertiary/aromatic N) is 2. The Labute approximate surface area is 169 Å². The molecule has 1 aromatic heterocycles. The van der Waals surface area contributed by atoms with Crippen LogP contribution in [0.1, 0.15) is 11.3 Å². The monoisotopic (exact) mass is 407 g/mol. The fourth-order valence-electron chi connectivity index (χ4n) is 3.04. The van der Waals surface area contributed by atoms with Crippen LogP contribution >= 0.6 is 0 Å². The summed E-state index contributed by atoms with van der Waals surface area (Å²) in [6, 6.07) is 12.7. The van der Waals surface area contributed by atoms with Gasteiger partial charge < -0.3 is 4.42 Å². The number of carbonyl (C=O) groups is 2. The minimum Gasteiger partial charge on any atom is -0.457 e. The Hall–Kier alpha value is -4.27. The molecule has 0 unspecified atom stereocenters. The average molecular weight is 407 g/mol. The summed E-state index contributed by atoms with van der Waals surface area (Å²) < 4.78 is 18.8. The summed E-state index contributed by atoms with van der Waals surface area (Å²) in [5.41, 5.74) is 3.79. The van der Waals surface area contributed by atoms with Crippen LogP contribution in [0.15, 0.2) is 64.6 Å². The van der Waals surface area contributed by atoms with Gasteiger partial charge in [0.05, 0.1) is 10.6 Å². The molecule has 4 rings (SSSR count). The first-order chi connectivity index (χ1) is 14.3. The highest BCUT2D eigenvalue weighted by atomic mass is 19.1. The summed E-state index contributed by atoms with van der Waals surface area (Å²) in [5.74, 6) is -1.11. The molecule has 0 radical (unpaired) electrons. The molecular formula is C21H14FN3O5. The minimum atomic E-state index is -0.631. The summed E-state index contributed by atoms with van der Waals surface area (Å²) >= 11 is 0. The van der Waals surface area contributed by atoms with Crippen molar-refractivity contribution in [2.75, 3.05) is 5.01 Å². The van der Waals surface area contributed by atoms with Crippen molar-refractivity contribution < 1.29 is 23.3 Å². The van der Waals surface area contributed by atoms with E-state index in [-0.39, 0.29) is 17.0 Å². The van der Waals surface area contributed by atoms with Gasteiger partial charge in [-0.2, -0.15) is 0 Å². The molecule has 2 heterocycles. The Morgan fingerprint density at radius 3 is 2.53 bits per heavy atom. The number of anilines is 1. The summed E-state index contributed by atoms with van der Waals surface area (Å²) in [6.45, 7) is 1.79. The summed E-state index contributed by atoms with van der Waals surface area (Å²) in [7, 11) is 0. The Morgan fingerprint density at radius 1 is 1.10 bits per heavy atom. The number of nitrogens with one attached hydrogen (secondary N) is 1. The molecule has 9 heteroatoms. The minimum absolute atomic E-state index is 0.0767. The van der Waals surface area contributed by atoms with Crippen LogP contribution in [0.25, 0.3) is 17.4 Å². The molecule has 0 bridgehead atoms. The smallest absolute Gasteiger partial charge is 0.282 e. The van der Waals surface area contributed by atoms with Crippen LogP contribution in [0, 0.1) is 22.9 Å². The molecule has 150 valence electrons. The Bertz CT molecular complexity index is 1210. The quantitative estimate of drug-likeness (QED) is 0.307. The van der Waals surface area contributed by atoms with Crippen molar-refractivity contribution in [3.05, 3.63) is 87.4 Å². The average Bonchev–Trinajstić information content (AvgIpc) is 3.29. The second-order valence-corrected chi connectivity index (χ2v) is 6.57. The van der Waals surface area contributed by atoms with Gasteiger partial charge in [-0.05, 0) is 55.0 Å². The number of benzene rings is 2. The zero-order chi connectivity index (χ0) is 21.4. The third-order valence-electron chi connectivity index (χ3n) is 4.59. The number of hydrazine groups is 1. The van der Waals surface area contributed by atoms with Gasteiger partial charge in [0.1, 0.15) is 22.9 Å². The molecular weight excluding hydrogens is 393 g/mol. The highest BCUT2D eigenvalue weighted by Crippen LogP contribution is 2.30. The SMILES string of the molecule is Cc1ccc([N+](=O)[O-])cc1-c1ccc(/C=C2/C(=O)NN(c3ccc(F)cc3)C2=O)o1. The molecule has 1 fully saturated rings. The second-order valence-electron chi connectivity index (χ2n) is 6.57. The third kappa shape index (κ3) is 3.44. The van der Waals surface area contributed by atoms with Crippen LogP contribution < -0.4 is 10.4 Å². The molecule has 0 saturated carbocycles. The topological polar surface area (TPSA) is 106 Å². The zero-order valence-corrected chi connectivity index (χ0v) is 15.6. The maximum absolute atomic E-state index is 13.1. The van der Waals surface area contributed by atoms with E-state index in [2.05, 4.69) is 5.43 Å². The van der Waals surface area contributed by atoms with E-state index in [0.29, 0.717) is 17.0 Å². The van der Waals surface area contributed by atoms with Crippen LogP contribution in [-0.4, -0.2) is 16.7 Å². The molecule has 2 aromatic carbocycles. The van der Waals surface area contributed by atoms with Gasteiger partial charge in [0.2, 0.25) is 0 Å². The van der Waals surface area contributed by atoms with Gasteiger partial charge >= 0.3 is 0 Å². The summed E-state index contributed by atoms with van der Waals surface area (Å²) in [6.07, 6.45) is 1.29. The Morgan fingerprint density at radius 2 is 1.83 bits per heavy atom. The molecule has 1 saturated heterocycles. The predicted octanol–water partition coefficient (Wildman–Crippen LogP) is 3.76. The number of non-ortho nitro benzene ring substituents is 1. The van der Waals surface area contributed by atoms with Gasteiger partial charge in [0, 0.05) is 17.7 Å². The number of rotatable bonds is 4. The fraction of sp³-hybridized carbons (Fsp3) is 0.0476. The zero-order valence-electron chi connectivity index (χ0n) is 15.6. The number of halogens is 1. The molecule has 3 aromatic rings. The van der Waals surface area contributed by atoms with Crippen LogP contribution in [0.3, 0.4) is 0 Å². The van der Waals surface area contributed by atoms with Crippen molar-refractivity contribution in [2.24, 2.45) is 0 Å². The van der Waals surface area contributed by atoms with Crippen LogP contribution in [-0.2, 0) is 9.59 Å². The number of nitro groups is 1. The fourth-order valence-corrected chi connectivity index (χ4v) is 3.04. The van der Waals surface area contributed by atoms with Crippen molar-refractivity contribution in [1.29, 1.82) is 0 Å². The second kappa shape index (κ2) is 7.28. The van der Waals surface area contributed by atoms with Gasteiger partial charge in [-0.1, -0.05) is 6.07 Å². The van der Waals surface area contributed by atoms with Crippen LogP contribution in [0.5, 0.6) is 0 Å². The number of amides is 2. The molecule has 30 heavy (non-hydrogen) atoms. The van der Waals surface area contributed by atoms with E-state index in [1.54, 1.807) is 25.1 Å². The van der Waals surface area contributed by atoms with E-state index in [1.807, 2.05) is 0 Å². The van der Waals surface area contributed by atoms with Gasteiger partial charge in [-0.3, -0.25) is 25.1 Å². The van der Waals surface area contributed by atoms with E-state index >= 15 is 0 Å². The molecule has 0 aliphatic carbocycles. The maximum atomic E-state index is 13.1. The standard InChI is InChI=1S/C21H14FN3O5/c1-12-2-5-15(25(28)29)10-17(12)19-9-8-16(30-19)11-18-20(26)23-24(21(18)27)14-6-3-13(22)4-7-14/h2-11H,1H3,(H,23,26)/b18-11-.